The highest BCUT2D eigenvalue weighted by Crippen LogP contribution is 2.22. The first-order chi connectivity index (χ1) is 9.10. The first-order valence-electron chi connectivity index (χ1n) is 5.54. The quantitative estimate of drug-likeness (QED) is 0.854. The van der Waals surface area contributed by atoms with Gasteiger partial charge >= 0.3 is 0 Å². The normalized spacial score (nSPS) is 10.2. The van der Waals surface area contributed by atoms with Crippen molar-refractivity contribution in [3.05, 3.63) is 35.5 Å². The number of amides is 1. The van der Waals surface area contributed by atoms with Crippen LogP contribution in [0.1, 0.15) is 22.1 Å². The number of aryl methyl sites for hydroxylation is 1. The van der Waals surface area contributed by atoms with Gasteiger partial charge in [-0.15, -0.1) is 0 Å². The van der Waals surface area contributed by atoms with Gasteiger partial charge in [0, 0.05) is 6.92 Å². The Bertz CT molecular complexity index is 594. The molecule has 2 rings (SSSR count). The Hall–Kier alpha value is -2.57. The van der Waals surface area contributed by atoms with Crippen molar-refractivity contribution in [2.24, 2.45) is 0 Å². The van der Waals surface area contributed by atoms with Gasteiger partial charge in [-0.25, -0.2) is 0 Å². The SMILES string of the molecule is COc1ccc(O)c(C(=O)NCc2noc(C)n2)c1. The number of phenols is 1. The third kappa shape index (κ3) is 3.01. The fraction of sp³-hybridized carbons (Fsp3) is 0.250. The lowest BCUT2D eigenvalue weighted by molar-refractivity contribution is 0.0946. The second-order valence-electron chi connectivity index (χ2n) is 3.80. The highest BCUT2D eigenvalue weighted by molar-refractivity contribution is 5.97. The van der Waals surface area contributed by atoms with Crippen LogP contribution in [0.2, 0.25) is 0 Å². The van der Waals surface area contributed by atoms with Crippen LogP contribution in [-0.4, -0.2) is 28.3 Å². The molecule has 0 saturated heterocycles. The number of methoxy groups -OCH3 is 1. The summed E-state index contributed by atoms with van der Waals surface area (Å²) in [5, 5.41) is 15.9. The fourth-order valence-electron chi connectivity index (χ4n) is 1.49. The lowest BCUT2D eigenvalue weighted by Gasteiger charge is -2.07. The van der Waals surface area contributed by atoms with E-state index in [1.54, 1.807) is 13.0 Å². The second-order valence-corrected chi connectivity index (χ2v) is 3.80. The molecule has 2 N–H and O–H groups in total. The average Bonchev–Trinajstić information content (AvgIpc) is 2.82. The van der Waals surface area contributed by atoms with Crippen molar-refractivity contribution in [2.75, 3.05) is 7.11 Å². The summed E-state index contributed by atoms with van der Waals surface area (Å²) in [6.45, 7) is 1.78. The van der Waals surface area contributed by atoms with Gasteiger partial charge in [-0.3, -0.25) is 4.79 Å². The topological polar surface area (TPSA) is 97.5 Å². The molecule has 1 aromatic carbocycles. The highest BCUT2D eigenvalue weighted by Gasteiger charge is 2.13. The van der Waals surface area contributed by atoms with Crippen molar-refractivity contribution >= 4 is 5.91 Å². The van der Waals surface area contributed by atoms with E-state index < -0.39 is 5.91 Å². The molecule has 0 aliphatic rings. The Morgan fingerprint density at radius 3 is 2.95 bits per heavy atom. The van der Waals surface area contributed by atoms with Crippen molar-refractivity contribution in [3.63, 3.8) is 0 Å². The Morgan fingerprint density at radius 1 is 1.53 bits per heavy atom. The van der Waals surface area contributed by atoms with Crippen molar-refractivity contribution < 1.29 is 19.2 Å². The third-order valence-corrected chi connectivity index (χ3v) is 2.43. The Morgan fingerprint density at radius 2 is 2.32 bits per heavy atom. The third-order valence-electron chi connectivity index (χ3n) is 2.43. The molecule has 0 aliphatic carbocycles. The molecule has 19 heavy (non-hydrogen) atoms. The lowest BCUT2D eigenvalue weighted by atomic mass is 10.1. The molecule has 1 aromatic heterocycles. The first-order valence-corrected chi connectivity index (χ1v) is 5.54. The van der Waals surface area contributed by atoms with Crippen LogP contribution < -0.4 is 10.1 Å². The van der Waals surface area contributed by atoms with E-state index in [9.17, 15) is 9.90 Å². The first kappa shape index (κ1) is 12.9. The zero-order valence-electron chi connectivity index (χ0n) is 10.5. The number of benzene rings is 1. The van der Waals surface area contributed by atoms with Gasteiger partial charge in [-0.1, -0.05) is 5.16 Å². The van der Waals surface area contributed by atoms with Gasteiger partial charge in [0.15, 0.2) is 5.82 Å². The molecule has 0 atom stereocenters. The van der Waals surface area contributed by atoms with Crippen LogP contribution in [0.4, 0.5) is 0 Å². The van der Waals surface area contributed by atoms with Crippen molar-refractivity contribution in [1.29, 1.82) is 0 Å². The van der Waals surface area contributed by atoms with Crippen molar-refractivity contribution in [2.45, 2.75) is 13.5 Å². The van der Waals surface area contributed by atoms with E-state index in [-0.39, 0.29) is 17.9 Å². The van der Waals surface area contributed by atoms with Gasteiger partial charge in [-0.2, -0.15) is 4.98 Å². The number of carbonyl (C=O) groups is 1. The Kier molecular flexibility index (Phi) is 3.65. The molecule has 1 amide bonds. The van der Waals surface area contributed by atoms with Gasteiger partial charge in [0.25, 0.3) is 5.91 Å². The molecule has 0 radical (unpaired) electrons. The zero-order chi connectivity index (χ0) is 13.8. The van der Waals surface area contributed by atoms with Crippen molar-refractivity contribution in [3.8, 4) is 11.5 Å². The molecule has 1 heterocycles. The molecule has 0 unspecified atom stereocenters. The standard InChI is InChI=1S/C12H13N3O4/c1-7-14-11(15-19-7)6-13-12(17)9-5-8(18-2)3-4-10(9)16/h3-5,16H,6H2,1-2H3,(H,13,17). The summed E-state index contributed by atoms with van der Waals surface area (Å²) in [7, 11) is 1.48. The van der Waals surface area contributed by atoms with Crippen LogP contribution in [-0.2, 0) is 6.54 Å². The van der Waals surface area contributed by atoms with Gasteiger partial charge in [0.1, 0.15) is 11.5 Å². The largest absolute Gasteiger partial charge is 0.507 e. The second kappa shape index (κ2) is 5.38. The number of aromatic nitrogens is 2. The number of ether oxygens (including phenoxy) is 1. The van der Waals surface area contributed by atoms with E-state index >= 15 is 0 Å². The van der Waals surface area contributed by atoms with Crippen LogP contribution in [0.25, 0.3) is 0 Å². The molecule has 7 heteroatoms. The number of rotatable bonds is 4. The maximum atomic E-state index is 11.9. The molecular formula is C12H13N3O4. The summed E-state index contributed by atoms with van der Waals surface area (Å²) in [5.41, 5.74) is 0.125. The molecule has 0 fully saturated rings. The van der Waals surface area contributed by atoms with E-state index in [0.29, 0.717) is 17.5 Å². The summed E-state index contributed by atoms with van der Waals surface area (Å²) in [5.74, 6) is 0.710. The predicted octanol–water partition coefficient (Wildman–Crippen LogP) is 1.02. The molecule has 0 spiro atoms. The summed E-state index contributed by atoms with van der Waals surface area (Å²) in [4.78, 5) is 15.9. The fourth-order valence-corrected chi connectivity index (χ4v) is 1.49. The highest BCUT2D eigenvalue weighted by atomic mass is 16.5. The van der Waals surface area contributed by atoms with Crippen LogP contribution in [0.3, 0.4) is 0 Å². The number of hydrogen-bond donors (Lipinski definition) is 2. The maximum absolute atomic E-state index is 11.9. The number of hydrogen-bond acceptors (Lipinski definition) is 6. The minimum Gasteiger partial charge on any atom is -0.507 e. The summed E-state index contributed by atoms with van der Waals surface area (Å²) in [6.07, 6.45) is 0. The van der Waals surface area contributed by atoms with Gasteiger partial charge in [-0.05, 0) is 18.2 Å². The smallest absolute Gasteiger partial charge is 0.255 e. The molecule has 0 saturated carbocycles. The van der Waals surface area contributed by atoms with Crippen LogP contribution in [0, 0.1) is 6.92 Å². The van der Waals surface area contributed by atoms with Gasteiger partial charge < -0.3 is 19.7 Å². The van der Waals surface area contributed by atoms with E-state index in [4.69, 9.17) is 9.26 Å². The minimum atomic E-state index is -0.446. The molecule has 100 valence electrons. The van der Waals surface area contributed by atoms with Crippen LogP contribution in [0.5, 0.6) is 11.5 Å². The Labute approximate surface area is 109 Å². The van der Waals surface area contributed by atoms with E-state index in [1.165, 1.54) is 19.2 Å². The Balaban J connectivity index is 2.07. The predicted molar refractivity (Wildman–Crippen MR) is 64.9 cm³/mol. The molecule has 2 aromatic rings. The average molecular weight is 263 g/mol. The van der Waals surface area contributed by atoms with Gasteiger partial charge in [0.2, 0.25) is 5.89 Å². The van der Waals surface area contributed by atoms with Crippen LogP contribution >= 0.6 is 0 Å². The molecule has 7 nitrogen and oxygen atoms in total. The zero-order valence-corrected chi connectivity index (χ0v) is 10.5. The van der Waals surface area contributed by atoms with E-state index in [2.05, 4.69) is 15.5 Å². The van der Waals surface area contributed by atoms with Gasteiger partial charge in [0.05, 0.1) is 19.2 Å². The molecular weight excluding hydrogens is 250 g/mol. The molecule has 0 aliphatic heterocycles. The van der Waals surface area contributed by atoms with Crippen LogP contribution in [0.15, 0.2) is 22.7 Å². The summed E-state index contributed by atoms with van der Waals surface area (Å²) < 4.78 is 9.78. The van der Waals surface area contributed by atoms with Crippen molar-refractivity contribution in [1.82, 2.24) is 15.5 Å². The lowest BCUT2D eigenvalue weighted by Crippen LogP contribution is -2.23. The van der Waals surface area contributed by atoms with E-state index in [0.717, 1.165) is 0 Å². The maximum Gasteiger partial charge on any atom is 0.255 e. The molecule has 0 bridgehead atoms. The summed E-state index contributed by atoms with van der Waals surface area (Å²) in [6, 6.07) is 4.41. The minimum absolute atomic E-state index is 0.118. The number of carbonyl (C=O) groups excluding carboxylic acids is 1. The summed E-state index contributed by atoms with van der Waals surface area (Å²) >= 11 is 0. The van der Waals surface area contributed by atoms with E-state index in [1.807, 2.05) is 0 Å². The number of nitrogens with zero attached hydrogens (tertiary/aromatic N) is 2. The monoisotopic (exact) mass is 263 g/mol. The number of phenolic OH excluding ortho intramolecular Hbond substituents is 1. The number of aromatic hydroxyl groups is 1. The number of nitrogens with one attached hydrogen (secondary N) is 1.